The molecule has 7 heteroatoms. The fraction of sp³-hybridized carbons (Fsp3) is 0.125. The summed E-state index contributed by atoms with van der Waals surface area (Å²) in [6.45, 7) is 0.869. The van der Waals surface area contributed by atoms with Gasteiger partial charge in [-0.2, -0.15) is 5.10 Å². The quantitative estimate of drug-likeness (QED) is 0.695. The maximum atomic E-state index is 12.0. The zero-order chi connectivity index (χ0) is 16.2. The lowest BCUT2D eigenvalue weighted by Gasteiger charge is -2.03. The molecule has 0 aliphatic rings. The minimum absolute atomic E-state index is 0.221. The first-order valence-corrected chi connectivity index (χ1v) is 8.17. The molecule has 0 unspecified atom stereocenters. The van der Waals surface area contributed by atoms with Crippen LogP contribution in [0.1, 0.15) is 11.4 Å². The van der Waals surface area contributed by atoms with Gasteiger partial charge in [0.05, 0.1) is 13.1 Å². The van der Waals surface area contributed by atoms with Crippen LogP contribution in [0.4, 0.5) is 5.69 Å². The van der Waals surface area contributed by atoms with Crippen LogP contribution in [0.5, 0.6) is 0 Å². The Kier molecular flexibility index (Phi) is 4.83. The summed E-state index contributed by atoms with van der Waals surface area (Å²) < 4.78 is 2.42. The molecule has 0 saturated heterocycles. The average molecular weight is 394 g/mol. The molecule has 0 aliphatic carbocycles. The van der Waals surface area contributed by atoms with Crippen LogP contribution in [0.25, 0.3) is 0 Å². The molecule has 0 radical (unpaired) electrons. The highest BCUT2D eigenvalue weighted by atomic mass is 79.9. The number of H-pyrrole nitrogens is 1. The number of halogens is 2. The van der Waals surface area contributed by atoms with E-state index < -0.39 is 0 Å². The molecule has 23 heavy (non-hydrogen) atoms. The second kappa shape index (κ2) is 7.02. The third-order valence-corrected chi connectivity index (χ3v) is 4.06. The molecule has 3 aromatic rings. The standard InChI is InChI=1S/C16H14BrClN4O/c17-12-3-1-11(2-4-12)10-22-16(23)20-15(21-22)9-19-14-7-5-13(18)6-8-14/h1-8,19H,9-10H2,(H,20,21,23). The summed E-state index contributed by atoms with van der Waals surface area (Å²) in [5.41, 5.74) is 1.71. The van der Waals surface area contributed by atoms with Crippen molar-refractivity contribution in [1.29, 1.82) is 0 Å². The van der Waals surface area contributed by atoms with E-state index in [9.17, 15) is 4.79 Å². The number of hydrogen-bond acceptors (Lipinski definition) is 3. The number of hydrogen-bond donors (Lipinski definition) is 2. The van der Waals surface area contributed by atoms with E-state index in [0.29, 0.717) is 23.9 Å². The summed E-state index contributed by atoms with van der Waals surface area (Å²) >= 11 is 9.24. The molecular formula is C16H14BrClN4O. The average Bonchev–Trinajstić information content (AvgIpc) is 2.89. The number of anilines is 1. The van der Waals surface area contributed by atoms with Crippen molar-refractivity contribution in [2.45, 2.75) is 13.1 Å². The Morgan fingerprint density at radius 2 is 1.83 bits per heavy atom. The fourth-order valence-corrected chi connectivity index (χ4v) is 2.50. The molecule has 3 rings (SSSR count). The van der Waals surface area contributed by atoms with E-state index in [1.807, 2.05) is 36.4 Å². The number of aromatic amines is 1. The van der Waals surface area contributed by atoms with E-state index in [-0.39, 0.29) is 5.69 Å². The summed E-state index contributed by atoms with van der Waals surface area (Å²) in [6.07, 6.45) is 0. The molecule has 0 bridgehead atoms. The van der Waals surface area contributed by atoms with Crippen LogP contribution in [0.2, 0.25) is 5.02 Å². The molecule has 0 atom stereocenters. The van der Waals surface area contributed by atoms with E-state index in [0.717, 1.165) is 15.7 Å². The van der Waals surface area contributed by atoms with Gasteiger partial charge in [0.25, 0.3) is 0 Å². The van der Waals surface area contributed by atoms with Gasteiger partial charge in [-0.05, 0) is 42.0 Å². The summed E-state index contributed by atoms with van der Waals surface area (Å²) in [5, 5.41) is 8.18. The van der Waals surface area contributed by atoms with Crippen molar-refractivity contribution in [3.63, 3.8) is 0 Å². The first-order valence-electron chi connectivity index (χ1n) is 7.00. The molecule has 1 aromatic heterocycles. The van der Waals surface area contributed by atoms with Gasteiger partial charge in [0.15, 0.2) is 0 Å². The Hall–Kier alpha value is -2.05. The van der Waals surface area contributed by atoms with Crippen LogP contribution in [0.3, 0.4) is 0 Å². The molecule has 0 amide bonds. The van der Waals surface area contributed by atoms with Crippen molar-refractivity contribution in [1.82, 2.24) is 14.8 Å². The normalized spacial score (nSPS) is 10.7. The monoisotopic (exact) mass is 392 g/mol. The lowest BCUT2D eigenvalue weighted by Crippen LogP contribution is -2.18. The fourth-order valence-electron chi connectivity index (χ4n) is 2.11. The maximum absolute atomic E-state index is 12.0. The minimum atomic E-state index is -0.221. The van der Waals surface area contributed by atoms with Crippen molar-refractivity contribution >= 4 is 33.2 Å². The van der Waals surface area contributed by atoms with E-state index >= 15 is 0 Å². The van der Waals surface area contributed by atoms with Crippen molar-refractivity contribution in [3.8, 4) is 0 Å². The Labute approximate surface area is 146 Å². The first kappa shape index (κ1) is 15.8. The lowest BCUT2D eigenvalue weighted by atomic mass is 10.2. The highest BCUT2D eigenvalue weighted by molar-refractivity contribution is 9.10. The highest BCUT2D eigenvalue weighted by Gasteiger charge is 2.06. The molecule has 0 spiro atoms. The molecule has 118 valence electrons. The zero-order valence-corrected chi connectivity index (χ0v) is 14.4. The molecule has 2 N–H and O–H groups in total. The smallest absolute Gasteiger partial charge is 0.343 e. The van der Waals surface area contributed by atoms with Gasteiger partial charge in [-0.15, -0.1) is 0 Å². The summed E-state index contributed by atoms with van der Waals surface area (Å²) in [4.78, 5) is 14.7. The van der Waals surface area contributed by atoms with Gasteiger partial charge in [-0.1, -0.05) is 39.7 Å². The number of nitrogens with one attached hydrogen (secondary N) is 2. The second-order valence-corrected chi connectivity index (χ2v) is 6.37. The van der Waals surface area contributed by atoms with Crippen LogP contribution in [0.15, 0.2) is 57.8 Å². The SMILES string of the molecule is O=c1[nH]c(CNc2ccc(Cl)cc2)nn1Cc1ccc(Br)cc1. The van der Waals surface area contributed by atoms with Gasteiger partial charge < -0.3 is 5.32 Å². The highest BCUT2D eigenvalue weighted by Crippen LogP contribution is 2.14. The van der Waals surface area contributed by atoms with Gasteiger partial charge in [-0.25, -0.2) is 9.48 Å². The van der Waals surface area contributed by atoms with Crippen molar-refractivity contribution in [2.75, 3.05) is 5.32 Å². The topological polar surface area (TPSA) is 62.7 Å². The predicted octanol–water partition coefficient (Wildman–Crippen LogP) is 3.65. The van der Waals surface area contributed by atoms with Gasteiger partial charge in [0.1, 0.15) is 5.82 Å². The number of benzene rings is 2. The third kappa shape index (κ3) is 4.24. The summed E-state index contributed by atoms with van der Waals surface area (Å²) in [7, 11) is 0. The van der Waals surface area contributed by atoms with Crippen LogP contribution in [-0.4, -0.2) is 14.8 Å². The van der Waals surface area contributed by atoms with Crippen LogP contribution < -0.4 is 11.0 Å². The van der Waals surface area contributed by atoms with Crippen LogP contribution >= 0.6 is 27.5 Å². The Bertz CT molecular complexity index is 840. The zero-order valence-electron chi connectivity index (χ0n) is 12.1. The first-order chi connectivity index (χ1) is 11.1. The van der Waals surface area contributed by atoms with Gasteiger partial charge in [-0.3, -0.25) is 4.98 Å². The largest absolute Gasteiger partial charge is 0.378 e. The molecule has 1 heterocycles. The molecule has 0 saturated carbocycles. The van der Waals surface area contributed by atoms with E-state index in [2.05, 4.69) is 31.3 Å². The van der Waals surface area contributed by atoms with Crippen molar-refractivity contribution in [2.24, 2.45) is 0 Å². The molecule has 2 aromatic carbocycles. The van der Waals surface area contributed by atoms with E-state index in [1.165, 1.54) is 4.68 Å². The van der Waals surface area contributed by atoms with Crippen LogP contribution in [-0.2, 0) is 13.1 Å². The molecule has 0 aliphatic heterocycles. The van der Waals surface area contributed by atoms with Crippen molar-refractivity contribution in [3.05, 3.63) is 79.9 Å². The Balaban J connectivity index is 1.67. The number of rotatable bonds is 5. The van der Waals surface area contributed by atoms with Crippen LogP contribution in [0, 0.1) is 0 Å². The second-order valence-electron chi connectivity index (χ2n) is 5.02. The lowest BCUT2D eigenvalue weighted by molar-refractivity contribution is 0.651. The Morgan fingerprint density at radius 1 is 1.13 bits per heavy atom. The third-order valence-electron chi connectivity index (χ3n) is 3.28. The van der Waals surface area contributed by atoms with E-state index in [1.54, 1.807) is 12.1 Å². The van der Waals surface area contributed by atoms with Gasteiger partial charge >= 0.3 is 5.69 Å². The Morgan fingerprint density at radius 3 is 2.52 bits per heavy atom. The maximum Gasteiger partial charge on any atom is 0.343 e. The molecule has 5 nitrogen and oxygen atoms in total. The predicted molar refractivity (Wildman–Crippen MR) is 94.9 cm³/mol. The summed E-state index contributed by atoms with van der Waals surface area (Å²) in [5.74, 6) is 0.585. The molecular weight excluding hydrogens is 380 g/mol. The number of aromatic nitrogens is 3. The number of nitrogens with zero attached hydrogens (tertiary/aromatic N) is 2. The van der Waals surface area contributed by atoms with Gasteiger partial charge in [0.2, 0.25) is 0 Å². The van der Waals surface area contributed by atoms with Crippen molar-refractivity contribution < 1.29 is 0 Å². The molecule has 0 fully saturated rings. The minimum Gasteiger partial charge on any atom is -0.378 e. The van der Waals surface area contributed by atoms with Gasteiger partial charge in [0, 0.05) is 15.2 Å². The summed E-state index contributed by atoms with van der Waals surface area (Å²) in [6, 6.07) is 15.1. The van der Waals surface area contributed by atoms with E-state index in [4.69, 9.17) is 11.6 Å².